The van der Waals surface area contributed by atoms with Crippen LogP contribution in [0.5, 0.6) is 0 Å². The number of likely N-dealkylation sites (N-methyl/N-ethyl adjacent to an activating group) is 1. The first-order valence-electron chi connectivity index (χ1n) is 6.72. The summed E-state index contributed by atoms with van der Waals surface area (Å²) in [5.41, 5.74) is 1.20. The quantitative estimate of drug-likeness (QED) is 0.889. The third-order valence-electron chi connectivity index (χ3n) is 3.03. The van der Waals surface area contributed by atoms with Gasteiger partial charge in [-0.25, -0.2) is 4.98 Å². The maximum absolute atomic E-state index is 12.3. The number of rotatable bonds is 4. The zero-order chi connectivity index (χ0) is 17.1. The monoisotopic (exact) mass is 371 g/mol. The molecule has 2 aromatic rings. The number of carbonyl (C=O) groups is 2. The average Bonchev–Trinajstić information content (AvgIpc) is 2.80. The molecule has 2 rings (SSSR count). The van der Waals surface area contributed by atoms with Crippen LogP contribution in [0.3, 0.4) is 0 Å². The van der Waals surface area contributed by atoms with Gasteiger partial charge in [-0.1, -0.05) is 23.2 Å². The molecule has 5 nitrogen and oxygen atoms in total. The van der Waals surface area contributed by atoms with E-state index in [1.54, 1.807) is 32.2 Å². The van der Waals surface area contributed by atoms with E-state index in [2.05, 4.69) is 10.3 Å². The number of anilines is 1. The zero-order valence-corrected chi connectivity index (χ0v) is 15.1. The van der Waals surface area contributed by atoms with E-state index in [-0.39, 0.29) is 18.4 Å². The lowest BCUT2D eigenvalue weighted by Gasteiger charge is -2.16. The Bertz CT molecular complexity index is 761. The first-order valence-corrected chi connectivity index (χ1v) is 8.29. The molecule has 0 aliphatic carbocycles. The molecule has 8 heteroatoms. The van der Waals surface area contributed by atoms with Gasteiger partial charge in [-0.05, 0) is 32.0 Å². The van der Waals surface area contributed by atoms with Crippen molar-refractivity contribution in [1.29, 1.82) is 0 Å². The summed E-state index contributed by atoms with van der Waals surface area (Å²) in [7, 11) is 1.57. The SMILES string of the molecule is Cc1nc(C)c(C(=O)N(C)CC(=O)Nc2ccc(Cl)c(Cl)c2)s1. The number of nitrogens with zero attached hydrogens (tertiary/aromatic N) is 2. The van der Waals surface area contributed by atoms with Crippen molar-refractivity contribution in [2.24, 2.45) is 0 Å². The van der Waals surface area contributed by atoms with Crippen LogP contribution in [0.1, 0.15) is 20.4 Å². The summed E-state index contributed by atoms with van der Waals surface area (Å²) >= 11 is 13.0. The Kier molecular flexibility index (Phi) is 5.62. The number of hydrogen-bond donors (Lipinski definition) is 1. The molecule has 23 heavy (non-hydrogen) atoms. The van der Waals surface area contributed by atoms with Gasteiger partial charge < -0.3 is 10.2 Å². The fourth-order valence-electron chi connectivity index (χ4n) is 1.96. The minimum atomic E-state index is -0.321. The summed E-state index contributed by atoms with van der Waals surface area (Å²) in [6.07, 6.45) is 0. The number of hydrogen-bond acceptors (Lipinski definition) is 4. The smallest absolute Gasteiger partial charge is 0.266 e. The van der Waals surface area contributed by atoms with Crippen LogP contribution in [0.4, 0.5) is 5.69 Å². The van der Waals surface area contributed by atoms with Gasteiger partial charge in [0.05, 0.1) is 27.3 Å². The molecule has 1 heterocycles. The topological polar surface area (TPSA) is 62.3 Å². The molecule has 0 fully saturated rings. The fraction of sp³-hybridized carbons (Fsp3) is 0.267. The van der Waals surface area contributed by atoms with Crippen LogP contribution in [0.2, 0.25) is 10.0 Å². The molecule has 1 aromatic carbocycles. The van der Waals surface area contributed by atoms with Crippen LogP contribution in [-0.2, 0) is 4.79 Å². The van der Waals surface area contributed by atoms with Gasteiger partial charge in [0.2, 0.25) is 5.91 Å². The number of thiazole rings is 1. The molecule has 0 spiro atoms. The summed E-state index contributed by atoms with van der Waals surface area (Å²) < 4.78 is 0. The van der Waals surface area contributed by atoms with Crippen molar-refractivity contribution in [2.45, 2.75) is 13.8 Å². The molecule has 2 amide bonds. The largest absolute Gasteiger partial charge is 0.332 e. The van der Waals surface area contributed by atoms with Gasteiger partial charge in [0.25, 0.3) is 5.91 Å². The van der Waals surface area contributed by atoms with Crippen molar-refractivity contribution in [3.8, 4) is 0 Å². The van der Waals surface area contributed by atoms with E-state index in [9.17, 15) is 9.59 Å². The number of amides is 2. The Balaban J connectivity index is 2.00. The fourth-order valence-corrected chi connectivity index (χ4v) is 3.18. The Morgan fingerprint density at radius 2 is 1.96 bits per heavy atom. The second-order valence-electron chi connectivity index (χ2n) is 4.99. The van der Waals surface area contributed by atoms with Crippen molar-refractivity contribution < 1.29 is 9.59 Å². The zero-order valence-electron chi connectivity index (χ0n) is 12.8. The normalized spacial score (nSPS) is 10.5. The van der Waals surface area contributed by atoms with E-state index >= 15 is 0 Å². The van der Waals surface area contributed by atoms with Gasteiger partial charge in [0, 0.05) is 12.7 Å². The summed E-state index contributed by atoms with van der Waals surface area (Å²) in [5, 5.41) is 4.26. The van der Waals surface area contributed by atoms with Gasteiger partial charge in [0.15, 0.2) is 0 Å². The third-order valence-corrected chi connectivity index (χ3v) is 4.83. The average molecular weight is 372 g/mol. The number of carbonyl (C=O) groups excluding carboxylic acids is 2. The van der Waals surface area contributed by atoms with Crippen molar-refractivity contribution in [3.63, 3.8) is 0 Å². The van der Waals surface area contributed by atoms with Gasteiger partial charge in [-0.3, -0.25) is 9.59 Å². The van der Waals surface area contributed by atoms with E-state index in [1.807, 2.05) is 6.92 Å². The molecular weight excluding hydrogens is 357 g/mol. The number of aryl methyl sites for hydroxylation is 2. The van der Waals surface area contributed by atoms with Crippen LogP contribution < -0.4 is 5.32 Å². The van der Waals surface area contributed by atoms with Crippen molar-refractivity contribution in [2.75, 3.05) is 18.9 Å². The lowest BCUT2D eigenvalue weighted by atomic mass is 10.3. The lowest BCUT2D eigenvalue weighted by Crippen LogP contribution is -2.34. The van der Waals surface area contributed by atoms with Crippen LogP contribution in [0.25, 0.3) is 0 Å². The van der Waals surface area contributed by atoms with E-state index in [0.717, 1.165) is 5.01 Å². The molecule has 0 aliphatic heterocycles. The molecule has 0 radical (unpaired) electrons. The van der Waals surface area contributed by atoms with Crippen LogP contribution >= 0.6 is 34.5 Å². The Hall–Kier alpha value is -1.63. The predicted molar refractivity (Wildman–Crippen MR) is 93.6 cm³/mol. The number of aromatic nitrogens is 1. The van der Waals surface area contributed by atoms with Gasteiger partial charge >= 0.3 is 0 Å². The Labute approximate surface area is 148 Å². The van der Waals surface area contributed by atoms with Crippen LogP contribution in [0, 0.1) is 13.8 Å². The summed E-state index contributed by atoms with van der Waals surface area (Å²) in [6, 6.07) is 4.79. The van der Waals surface area contributed by atoms with E-state index < -0.39 is 0 Å². The number of benzene rings is 1. The molecule has 0 saturated carbocycles. The highest BCUT2D eigenvalue weighted by atomic mass is 35.5. The van der Waals surface area contributed by atoms with Gasteiger partial charge in [-0.2, -0.15) is 0 Å². The molecule has 0 saturated heterocycles. The molecule has 0 atom stereocenters. The number of nitrogens with one attached hydrogen (secondary N) is 1. The predicted octanol–water partition coefficient (Wildman–Crippen LogP) is 3.78. The number of halogens is 2. The van der Waals surface area contributed by atoms with Gasteiger partial charge in [0.1, 0.15) is 4.88 Å². The maximum atomic E-state index is 12.3. The van der Waals surface area contributed by atoms with E-state index in [0.29, 0.717) is 26.3 Å². The van der Waals surface area contributed by atoms with Crippen molar-refractivity contribution >= 4 is 52.0 Å². The summed E-state index contributed by atoms with van der Waals surface area (Å²) in [6.45, 7) is 3.54. The first-order chi connectivity index (χ1) is 10.8. The maximum Gasteiger partial charge on any atom is 0.266 e. The van der Waals surface area contributed by atoms with E-state index in [1.165, 1.54) is 16.2 Å². The lowest BCUT2D eigenvalue weighted by molar-refractivity contribution is -0.116. The summed E-state index contributed by atoms with van der Waals surface area (Å²) in [4.78, 5) is 30.5. The highest BCUT2D eigenvalue weighted by molar-refractivity contribution is 7.13. The van der Waals surface area contributed by atoms with E-state index in [4.69, 9.17) is 23.2 Å². The molecule has 0 unspecified atom stereocenters. The molecule has 1 N–H and O–H groups in total. The minimum absolute atomic E-state index is 0.0739. The van der Waals surface area contributed by atoms with Gasteiger partial charge in [-0.15, -0.1) is 11.3 Å². The minimum Gasteiger partial charge on any atom is -0.332 e. The second kappa shape index (κ2) is 7.29. The summed E-state index contributed by atoms with van der Waals surface area (Å²) in [5.74, 6) is -0.546. The first kappa shape index (κ1) is 17.7. The molecule has 0 aliphatic rings. The highest BCUT2D eigenvalue weighted by Crippen LogP contribution is 2.25. The molecule has 1 aromatic heterocycles. The highest BCUT2D eigenvalue weighted by Gasteiger charge is 2.20. The van der Waals surface area contributed by atoms with Crippen molar-refractivity contribution in [3.05, 3.63) is 43.8 Å². The van der Waals surface area contributed by atoms with Crippen LogP contribution in [0.15, 0.2) is 18.2 Å². The van der Waals surface area contributed by atoms with Crippen LogP contribution in [-0.4, -0.2) is 35.3 Å². The Morgan fingerprint density at radius 3 is 2.52 bits per heavy atom. The molecule has 0 bridgehead atoms. The third kappa shape index (κ3) is 4.43. The Morgan fingerprint density at radius 1 is 1.26 bits per heavy atom. The second-order valence-corrected chi connectivity index (χ2v) is 7.00. The molecule has 122 valence electrons. The molecular formula is C15H15Cl2N3O2S. The van der Waals surface area contributed by atoms with Crippen molar-refractivity contribution in [1.82, 2.24) is 9.88 Å². The standard InChI is InChI=1S/C15H15Cl2N3O2S/c1-8-14(23-9(2)18-8)15(22)20(3)7-13(21)19-10-4-5-11(16)12(17)6-10/h4-6H,7H2,1-3H3,(H,19,21).